The van der Waals surface area contributed by atoms with Gasteiger partial charge < -0.3 is 5.32 Å². The van der Waals surface area contributed by atoms with Gasteiger partial charge in [-0.05, 0) is 37.3 Å². The Morgan fingerprint density at radius 2 is 2.32 bits per heavy atom. The van der Waals surface area contributed by atoms with Gasteiger partial charge in [0.2, 0.25) is 0 Å². The van der Waals surface area contributed by atoms with Crippen LogP contribution in [0.25, 0.3) is 0 Å². The Labute approximate surface area is 119 Å². The molecule has 1 aliphatic heterocycles. The summed E-state index contributed by atoms with van der Waals surface area (Å²) >= 11 is 1.89. The van der Waals surface area contributed by atoms with Crippen molar-refractivity contribution in [2.75, 3.05) is 5.75 Å². The maximum atomic E-state index is 4.71. The third-order valence-corrected chi connectivity index (χ3v) is 5.26. The summed E-state index contributed by atoms with van der Waals surface area (Å²) in [6, 6.07) is 4.74. The average Bonchev–Trinajstić information content (AvgIpc) is 2.46. The Morgan fingerprint density at radius 1 is 1.42 bits per heavy atom. The zero-order chi connectivity index (χ0) is 13.1. The summed E-state index contributed by atoms with van der Waals surface area (Å²) < 4.78 is 0. The molecule has 19 heavy (non-hydrogen) atoms. The highest BCUT2D eigenvalue weighted by molar-refractivity contribution is 8.13. The van der Waals surface area contributed by atoms with E-state index in [-0.39, 0.29) is 0 Å². The molecule has 2 unspecified atom stereocenters. The first-order valence-corrected chi connectivity index (χ1v) is 8.16. The van der Waals surface area contributed by atoms with Crippen LogP contribution in [0.3, 0.4) is 0 Å². The van der Waals surface area contributed by atoms with Gasteiger partial charge in [0.25, 0.3) is 0 Å². The Morgan fingerprint density at radius 3 is 3.21 bits per heavy atom. The van der Waals surface area contributed by atoms with Crippen LogP contribution in [0.2, 0.25) is 0 Å². The van der Waals surface area contributed by atoms with E-state index in [1.165, 1.54) is 37.0 Å². The number of hydrogen-bond acceptors (Lipinski definition) is 3. The first-order valence-electron chi connectivity index (χ1n) is 7.17. The second kappa shape index (κ2) is 5.95. The summed E-state index contributed by atoms with van der Waals surface area (Å²) in [6.07, 6.45) is 7.32. The van der Waals surface area contributed by atoms with E-state index in [9.17, 15) is 0 Å². The Bertz CT molecular complexity index is 472. The fourth-order valence-corrected chi connectivity index (χ4v) is 4.07. The molecule has 0 radical (unpaired) electrons. The first-order chi connectivity index (χ1) is 9.33. The second-order valence-corrected chi connectivity index (χ2v) is 6.50. The molecule has 3 rings (SSSR count). The number of hydrogen-bond donors (Lipinski definition) is 1. The third kappa shape index (κ3) is 3.11. The molecule has 102 valence electrons. The molecular weight excluding hydrogens is 254 g/mol. The lowest BCUT2D eigenvalue weighted by Gasteiger charge is -2.36. The molecular formula is C15H21N3S. The largest absolute Gasteiger partial charge is 0.362 e. The van der Waals surface area contributed by atoms with E-state index in [1.54, 1.807) is 0 Å². The van der Waals surface area contributed by atoms with E-state index in [2.05, 4.69) is 23.3 Å². The molecule has 1 N–H and O–H groups in total. The summed E-state index contributed by atoms with van der Waals surface area (Å²) in [5.41, 5.74) is 2.31. The van der Waals surface area contributed by atoms with Crippen LogP contribution in [-0.4, -0.2) is 21.9 Å². The van der Waals surface area contributed by atoms with Gasteiger partial charge in [-0.1, -0.05) is 30.7 Å². The van der Waals surface area contributed by atoms with Crippen LogP contribution in [0.4, 0.5) is 0 Å². The van der Waals surface area contributed by atoms with Crippen molar-refractivity contribution in [1.82, 2.24) is 10.3 Å². The number of aryl methyl sites for hydroxylation is 1. The average molecular weight is 275 g/mol. The van der Waals surface area contributed by atoms with Crippen LogP contribution in [0.15, 0.2) is 23.3 Å². The van der Waals surface area contributed by atoms with Crippen LogP contribution in [0.5, 0.6) is 0 Å². The number of aliphatic imine (C=N–C) groups is 1. The van der Waals surface area contributed by atoms with Crippen molar-refractivity contribution in [2.24, 2.45) is 10.9 Å². The minimum atomic E-state index is 0.665. The minimum Gasteiger partial charge on any atom is -0.362 e. The molecule has 0 bridgehead atoms. The molecule has 1 saturated heterocycles. The van der Waals surface area contributed by atoms with E-state index in [1.807, 2.05) is 24.0 Å². The molecule has 1 aliphatic carbocycles. The van der Waals surface area contributed by atoms with Crippen LogP contribution in [0.1, 0.15) is 36.9 Å². The Hall–Kier alpha value is -1.03. The fourth-order valence-electron chi connectivity index (χ4n) is 2.91. The zero-order valence-electron chi connectivity index (χ0n) is 11.4. The lowest BCUT2D eigenvalue weighted by Crippen LogP contribution is -2.46. The molecule has 2 atom stereocenters. The van der Waals surface area contributed by atoms with Gasteiger partial charge in [0.05, 0.1) is 12.2 Å². The molecule has 2 fully saturated rings. The maximum absolute atomic E-state index is 4.71. The monoisotopic (exact) mass is 275 g/mol. The summed E-state index contributed by atoms with van der Waals surface area (Å²) in [5, 5.41) is 4.75. The lowest BCUT2D eigenvalue weighted by atomic mass is 9.86. The highest BCUT2D eigenvalue weighted by Gasteiger charge is 2.30. The molecule has 4 heteroatoms. The number of amidine groups is 1. The Balaban J connectivity index is 1.63. The fraction of sp³-hybridized carbons (Fsp3) is 0.600. The normalized spacial score (nSPS) is 28.8. The van der Waals surface area contributed by atoms with Gasteiger partial charge in [-0.15, -0.1) is 0 Å². The highest BCUT2D eigenvalue weighted by Crippen LogP contribution is 2.31. The lowest BCUT2D eigenvalue weighted by molar-refractivity contribution is 0.311. The molecule has 2 heterocycles. The van der Waals surface area contributed by atoms with Gasteiger partial charge in [-0.2, -0.15) is 0 Å². The van der Waals surface area contributed by atoms with Gasteiger partial charge in [0.15, 0.2) is 5.17 Å². The van der Waals surface area contributed by atoms with E-state index in [0.29, 0.717) is 12.6 Å². The summed E-state index contributed by atoms with van der Waals surface area (Å²) in [4.78, 5) is 9.11. The zero-order valence-corrected chi connectivity index (χ0v) is 12.2. The quantitative estimate of drug-likeness (QED) is 0.901. The van der Waals surface area contributed by atoms with Crippen molar-refractivity contribution in [1.29, 1.82) is 0 Å². The van der Waals surface area contributed by atoms with Crippen molar-refractivity contribution in [3.63, 3.8) is 0 Å². The van der Waals surface area contributed by atoms with Gasteiger partial charge >= 0.3 is 0 Å². The van der Waals surface area contributed by atoms with Crippen molar-refractivity contribution in [3.8, 4) is 0 Å². The summed E-state index contributed by atoms with van der Waals surface area (Å²) in [5.74, 6) is 2.09. The van der Waals surface area contributed by atoms with E-state index >= 15 is 0 Å². The molecule has 2 aliphatic rings. The van der Waals surface area contributed by atoms with Gasteiger partial charge in [-0.3, -0.25) is 9.98 Å². The van der Waals surface area contributed by atoms with Crippen LogP contribution in [0, 0.1) is 12.8 Å². The summed E-state index contributed by atoms with van der Waals surface area (Å²) in [6.45, 7) is 2.79. The van der Waals surface area contributed by atoms with Gasteiger partial charge in [0, 0.05) is 18.0 Å². The maximum Gasteiger partial charge on any atom is 0.157 e. The number of pyridine rings is 1. The number of aromatic nitrogens is 1. The topological polar surface area (TPSA) is 37.3 Å². The third-order valence-electron chi connectivity index (χ3n) is 4.14. The number of fused-ring (bicyclic) bond motifs is 1. The smallest absolute Gasteiger partial charge is 0.157 e. The molecule has 1 aromatic heterocycles. The molecule has 0 aromatic carbocycles. The second-order valence-electron chi connectivity index (χ2n) is 5.49. The molecule has 1 aromatic rings. The van der Waals surface area contributed by atoms with Crippen molar-refractivity contribution in [3.05, 3.63) is 29.6 Å². The summed E-state index contributed by atoms with van der Waals surface area (Å²) in [7, 11) is 0. The van der Waals surface area contributed by atoms with Crippen LogP contribution >= 0.6 is 11.8 Å². The minimum absolute atomic E-state index is 0.665. The van der Waals surface area contributed by atoms with Gasteiger partial charge in [-0.25, -0.2) is 0 Å². The predicted octanol–water partition coefficient (Wildman–Crippen LogP) is 3.14. The molecule has 0 spiro atoms. The number of nitrogens with zero attached hydrogens (tertiary/aromatic N) is 2. The standard InChI is InChI=1S/C15H21N3S/c1-11-5-4-8-16-14(11)9-17-15-18-13-7-3-2-6-12(13)10-19-15/h4-5,8,12-13H,2-3,6-7,9-10H2,1H3,(H,17,18). The first kappa shape index (κ1) is 13.0. The van der Waals surface area contributed by atoms with Gasteiger partial charge in [0.1, 0.15) is 0 Å². The number of nitrogens with one attached hydrogen (secondary N) is 1. The van der Waals surface area contributed by atoms with Crippen molar-refractivity contribution >= 4 is 16.9 Å². The van der Waals surface area contributed by atoms with Crippen LogP contribution in [-0.2, 0) is 6.54 Å². The van der Waals surface area contributed by atoms with Crippen molar-refractivity contribution < 1.29 is 0 Å². The Kier molecular flexibility index (Phi) is 4.06. The van der Waals surface area contributed by atoms with E-state index < -0.39 is 0 Å². The van der Waals surface area contributed by atoms with Crippen LogP contribution < -0.4 is 5.32 Å². The van der Waals surface area contributed by atoms with Crippen molar-refractivity contribution in [2.45, 2.75) is 45.2 Å². The molecule has 3 nitrogen and oxygen atoms in total. The molecule has 1 saturated carbocycles. The number of rotatable bonds is 2. The van der Waals surface area contributed by atoms with E-state index in [0.717, 1.165) is 16.8 Å². The number of thioether (sulfide) groups is 1. The predicted molar refractivity (Wildman–Crippen MR) is 81.5 cm³/mol. The SMILES string of the molecule is Cc1cccnc1CN=C1NC2CCCCC2CS1. The highest BCUT2D eigenvalue weighted by atomic mass is 32.2. The molecule has 0 amide bonds. The van der Waals surface area contributed by atoms with E-state index in [4.69, 9.17) is 4.99 Å².